The summed E-state index contributed by atoms with van der Waals surface area (Å²) in [6.45, 7) is 4.13. The van der Waals surface area contributed by atoms with E-state index in [0.717, 1.165) is 25.7 Å². The highest BCUT2D eigenvalue weighted by Gasteiger charge is 2.12. The van der Waals surface area contributed by atoms with Crippen LogP contribution in [0.2, 0.25) is 0 Å². The maximum Gasteiger partial charge on any atom is 0.220 e. The Bertz CT molecular complexity index is 254. The molecule has 0 radical (unpaired) electrons. The van der Waals surface area contributed by atoms with Gasteiger partial charge in [0.1, 0.15) is 0 Å². The van der Waals surface area contributed by atoms with Crippen molar-refractivity contribution >= 4 is 11.8 Å². The van der Waals surface area contributed by atoms with Crippen LogP contribution < -0.4 is 11.5 Å². The Morgan fingerprint density at radius 2 is 1.55 bits per heavy atom. The van der Waals surface area contributed by atoms with Gasteiger partial charge < -0.3 is 21.7 Å². The van der Waals surface area contributed by atoms with Crippen LogP contribution in [0.4, 0.5) is 0 Å². The Kier molecular flexibility index (Phi) is 15.1. The van der Waals surface area contributed by atoms with Crippen molar-refractivity contribution in [3.05, 3.63) is 0 Å². The number of aliphatic hydroxyl groups excluding tert-OH is 2. The van der Waals surface area contributed by atoms with Gasteiger partial charge in [-0.25, -0.2) is 0 Å². The highest BCUT2D eigenvalue weighted by Crippen LogP contribution is 2.09. The Balaban J connectivity index is 0. The zero-order valence-electron chi connectivity index (χ0n) is 12.7. The molecule has 0 saturated heterocycles. The fourth-order valence-electron chi connectivity index (χ4n) is 1.88. The molecule has 0 aliphatic rings. The summed E-state index contributed by atoms with van der Waals surface area (Å²) in [4.78, 5) is 20.9. The Hall–Kier alpha value is -1.14. The highest BCUT2D eigenvalue weighted by molar-refractivity contribution is 5.76. The van der Waals surface area contributed by atoms with Crippen molar-refractivity contribution in [1.29, 1.82) is 0 Å². The van der Waals surface area contributed by atoms with Crippen LogP contribution in [0.5, 0.6) is 0 Å². The molecule has 120 valence electrons. The molecule has 0 rings (SSSR count). The number of carbonyl (C=O) groups excluding carboxylic acids is 2. The fourth-order valence-corrected chi connectivity index (χ4v) is 1.88. The number of hydrogen-bond acceptors (Lipinski definition) is 4. The minimum atomic E-state index is -0.326. The zero-order valence-corrected chi connectivity index (χ0v) is 12.7. The van der Waals surface area contributed by atoms with Gasteiger partial charge in [-0.2, -0.15) is 0 Å². The predicted octanol–water partition coefficient (Wildman–Crippen LogP) is 0.541. The minimum Gasteiger partial charge on any atom is -0.396 e. The number of hydrogen-bond donors (Lipinski definition) is 4. The summed E-state index contributed by atoms with van der Waals surface area (Å²) >= 11 is 0. The molecule has 0 aromatic carbocycles. The van der Waals surface area contributed by atoms with Gasteiger partial charge in [0.2, 0.25) is 11.8 Å². The molecule has 0 bridgehead atoms. The quantitative estimate of drug-likeness (QED) is 0.468. The lowest BCUT2D eigenvalue weighted by molar-refractivity contribution is -0.122. The molecule has 0 aromatic heterocycles. The van der Waals surface area contributed by atoms with Crippen LogP contribution in [-0.2, 0) is 9.59 Å². The zero-order chi connectivity index (χ0) is 16.0. The summed E-state index contributed by atoms with van der Waals surface area (Å²) in [6.07, 6.45) is 4.40. The maximum atomic E-state index is 10.6. The topological polar surface area (TPSA) is 127 Å². The Morgan fingerprint density at radius 1 is 1.00 bits per heavy atom. The second-order valence-corrected chi connectivity index (χ2v) is 4.91. The first-order valence-corrected chi connectivity index (χ1v) is 7.22. The van der Waals surface area contributed by atoms with E-state index < -0.39 is 0 Å². The van der Waals surface area contributed by atoms with Crippen molar-refractivity contribution in [2.45, 2.75) is 52.4 Å². The van der Waals surface area contributed by atoms with Gasteiger partial charge in [-0.1, -0.05) is 26.7 Å². The van der Waals surface area contributed by atoms with E-state index in [1.807, 2.05) is 13.8 Å². The molecule has 0 heterocycles. The van der Waals surface area contributed by atoms with Crippen LogP contribution in [0.15, 0.2) is 0 Å². The Morgan fingerprint density at radius 3 is 1.85 bits per heavy atom. The molecule has 0 saturated carbocycles. The molecule has 0 spiro atoms. The molecule has 0 fully saturated rings. The summed E-state index contributed by atoms with van der Waals surface area (Å²) in [5.41, 5.74) is 10.0. The van der Waals surface area contributed by atoms with E-state index in [-0.39, 0.29) is 36.9 Å². The lowest BCUT2D eigenvalue weighted by Crippen LogP contribution is -2.23. The predicted molar refractivity (Wildman–Crippen MR) is 78.6 cm³/mol. The number of primary amides is 2. The molecule has 20 heavy (non-hydrogen) atoms. The van der Waals surface area contributed by atoms with Crippen LogP contribution in [0.3, 0.4) is 0 Å². The van der Waals surface area contributed by atoms with Crippen molar-refractivity contribution in [2.75, 3.05) is 13.2 Å². The van der Waals surface area contributed by atoms with E-state index in [1.165, 1.54) is 0 Å². The second kappa shape index (κ2) is 14.3. The van der Waals surface area contributed by atoms with E-state index >= 15 is 0 Å². The Labute approximate surface area is 121 Å². The summed E-state index contributed by atoms with van der Waals surface area (Å²) in [7, 11) is 0. The lowest BCUT2D eigenvalue weighted by atomic mass is 10.00. The number of carbonyl (C=O) groups is 2. The molecule has 2 unspecified atom stereocenters. The molecule has 6 nitrogen and oxygen atoms in total. The fraction of sp³-hybridized carbons (Fsp3) is 0.857. The van der Waals surface area contributed by atoms with Gasteiger partial charge in [0.15, 0.2) is 0 Å². The van der Waals surface area contributed by atoms with Gasteiger partial charge in [-0.15, -0.1) is 0 Å². The summed E-state index contributed by atoms with van der Waals surface area (Å²) in [5.74, 6) is -0.680. The van der Waals surface area contributed by atoms with Crippen LogP contribution in [-0.4, -0.2) is 35.2 Å². The van der Waals surface area contributed by atoms with Crippen molar-refractivity contribution < 1.29 is 19.8 Å². The van der Waals surface area contributed by atoms with Crippen molar-refractivity contribution in [3.8, 4) is 0 Å². The van der Waals surface area contributed by atoms with E-state index in [2.05, 4.69) is 0 Å². The van der Waals surface area contributed by atoms with Crippen LogP contribution in [0, 0.1) is 11.8 Å². The lowest BCUT2D eigenvalue weighted by Gasteiger charge is -2.08. The van der Waals surface area contributed by atoms with E-state index in [1.54, 1.807) is 0 Å². The van der Waals surface area contributed by atoms with Gasteiger partial charge >= 0.3 is 0 Å². The molecule has 2 atom stereocenters. The minimum absolute atomic E-state index is 0.0492. The van der Waals surface area contributed by atoms with Crippen molar-refractivity contribution in [3.63, 3.8) is 0 Å². The molecule has 6 N–H and O–H groups in total. The summed E-state index contributed by atoms with van der Waals surface area (Å²) in [6, 6.07) is 0. The number of amides is 2. The molecule has 6 heteroatoms. The average Bonchev–Trinajstić information content (AvgIpc) is 2.38. The van der Waals surface area contributed by atoms with E-state index in [4.69, 9.17) is 21.7 Å². The van der Waals surface area contributed by atoms with Crippen molar-refractivity contribution in [1.82, 2.24) is 0 Å². The molecule has 2 amide bonds. The first-order valence-electron chi connectivity index (χ1n) is 7.22. The monoisotopic (exact) mass is 290 g/mol. The molecular weight excluding hydrogens is 260 g/mol. The van der Waals surface area contributed by atoms with Crippen LogP contribution >= 0.6 is 0 Å². The SMILES string of the molecule is CCCC(CCO)C(N)=O.CCCC(CO)CC(N)=O. The maximum absolute atomic E-state index is 10.6. The van der Waals surface area contributed by atoms with Gasteiger partial charge in [-0.3, -0.25) is 9.59 Å². The van der Waals surface area contributed by atoms with Gasteiger partial charge in [-0.05, 0) is 25.2 Å². The molecular formula is C14H30N2O4. The third-order valence-electron chi connectivity index (χ3n) is 2.96. The molecule has 0 aliphatic heterocycles. The van der Waals surface area contributed by atoms with Gasteiger partial charge in [0.05, 0.1) is 0 Å². The smallest absolute Gasteiger partial charge is 0.220 e. The van der Waals surface area contributed by atoms with Gasteiger partial charge in [0.25, 0.3) is 0 Å². The third kappa shape index (κ3) is 13.3. The highest BCUT2D eigenvalue weighted by atomic mass is 16.3. The number of rotatable bonds is 10. The van der Waals surface area contributed by atoms with Crippen molar-refractivity contribution in [2.24, 2.45) is 23.3 Å². The average molecular weight is 290 g/mol. The van der Waals surface area contributed by atoms with Crippen LogP contribution in [0.25, 0.3) is 0 Å². The standard InChI is InChI=1S/2C7H15NO2/c1-2-3-6(5-9)4-7(8)10;1-2-3-6(4-5-9)7(8)10/h2*6,9H,2-5H2,1H3,(H2,8,10). The first kappa shape index (κ1) is 21.2. The summed E-state index contributed by atoms with van der Waals surface area (Å²) in [5, 5.41) is 17.2. The normalized spacial score (nSPS) is 13.0. The number of aliphatic hydroxyl groups is 2. The molecule has 0 aromatic rings. The third-order valence-corrected chi connectivity index (χ3v) is 2.96. The van der Waals surface area contributed by atoms with Gasteiger partial charge in [0, 0.05) is 25.6 Å². The largest absolute Gasteiger partial charge is 0.396 e. The van der Waals surface area contributed by atoms with E-state index in [0.29, 0.717) is 12.8 Å². The van der Waals surface area contributed by atoms with Crippen LogP contribution in [0.1, 0.15) is 52.4 Å². The van der Waals surface area contributed by atoms with E-state index in [9.17, 15) is 9.59 Å². The second-order valence-electron chi connectivity index (χ2n) is 4.91. The molecule has 0 aliphatic carbocycles. The first-order chi connectivity index (χ1) is 9.42. The summed E-state index contributed by atoms with van der Waals surface area (Å²) < 4.78 is 0. The number of nitrogens with two attached hydrogens (primary N) is 2.